The van der Waals surface area contributed by atoms with Crippen molar-refractivity contribution in [3.63, 3.8) is 0 Å². The Balaban J connectivity index is 1.75. The molecule has 0 aliphatic rings. The highest BCUT2D eigenvalue weighted by Crippen LogP contribution is 2.34. The fraction of sp³-hybridized carbons (Fsp3) is 0.0909. The minimum atomic E-state index is -0.156. The molecule has 0 amide bonds. The van der Waals surface area contributed by atoms with Crippen LogP contribution in [0.1, 0.15) is 16.8 Å². The van der Waals surface area contributed by atoms with E-state index < -0.39 is 0 Å². The molecule has 0 saturated carbocycles. The normalized spacial score (nSPS) is 11.0. The van der Waals surface area contributed by atoms with E-state index in [2.05, 4.69) is 52.1 Å². The second-order valence-corrected chi connectivity index (χ2v) is 8.12. The molecule has 4 aromatic rings. The largest absolute Gasteiger partial charge is 0.300 e. The Kier molecular flexibility index (Phi) is 5.14. The molecule has 0 atom stereocenters. The second-order valence-electron chi connectivity index (χ2n) is 6.33. The molecule has 3 nitrogen and oxygen atoms in total. The molecule has 0 fully saturated rings. The molecule has 0 radical (unpaired) electrons. The van der Waals surface area contributed by atoms with Crippen LogP contribution in [-0.4, -0.2) is 9.97 Å². The van der Waals surface area contributed by atoms with E-state index in [0.29, 0.717) is 16.0 Å². The number of benzene rings is 3. The van der Waals surface area contributed by atoms with Crippen LogP contribution in [-0.2, 0) is 6.42 Å². The molecule has 0 spiro atoms. The van der Waals surface area contributed by atoms with Gasteiger partial charge in [0.15, 0.2) is 5.16 Å². The summed E-state index contributed by atoms with van der Waals surface area (Å²) in [6.07, 6.45) is 0.605. The van der Waals surface area contributed by atoms with E-state index in [1.165, 1.54) is 17.1 Å². The van der Waals surface area contributed by atoms with E-state index >= 15 is 0 Å². The zero-order valence-electron chi connectivity index (χ0n) is 14.7. The van der Waals surface area contributed by atoms with Gasteiger partial charge in [0.1, 0.15) is 4.47 Å². The highest BCUT2D eigenvalue weighted by Gasteiger charge is 2.13. The predicted octanol–water partition coefficient (Wildman–Crippen LogP) is 5.74. The molecule has 1 heterocycles. The summed E-state index contributed by atoms with van der Waals surface area (Å²) in [5, 5.41) is 2.95. The van der Waals surface area contributed by atoms with Gasteiger partial charge in [0.2, 0.25) is 0 Å². The lowest BCUT2D eigenvalue weighted by molar-refractivity contribution is 0.867. The minimum Gasteiger partial charge on any atom is -0.300 e. The Morgan fingerprint density at radius 2 is 1.74 bits per heavy atom. The maximum atomic E-state index is 12.4. The van der Waals surface area contributed by atoms with Gasteiger partial charge < -0.3 is 4.98 Å². The number of nitrogens with one attached hydrogen (secondary N) is 1. The minimum absolute atomic E-state index is 0.156. The molecular weight excluding hydrogens is 420 g/mol. The molecule has 1 N–H and O–H groups in total. The summed E-state index contributed by atoms with van der Waals surface area (Å²) in [4.78, 5) is 21.2. The van der Waals surface area contributed by atoms with Gasteiger partial charge in [0.25, 0.3) is 5.56 Å². The van der Waals surface area contributed by atoms with Crippen LogP contribution in [0, 0.1) is 6.92 Å². The van der Waals surface area contributed by atoms with Gasteiger partial charge in [0, 0.05) is 11.3 Å². The average Bonchev–Trinajstić information content (AvgIpc) is 2.69. The summed E-state index contributed by atoms with van der Waals surface area (Å²) in [5.41, 5.74) is 2.86. The molecular formula is C22H17BrN2OS. The summed E-state index contributed by atoms with van der Waals surface area (Å²) in [6.45, 7) is 2.08. The average molecular weight is 437 g/mol. The van der Waals surface area contributed by atoms with Crippen molar-refractivity contribution in [3.05, 3.63) is 98.4 Å². The highest BCUT2D eigenvalue weighted by atomic mass is 79.9. The molecule has 0 saturated heterocycles. The molecule has 4 rings (SSSR count). The van der Waals surface area contributed by atoms with Gasteiger partial charge >= 0.3 is 0 Å². The second kappa shape index (κ2) is 7.71. The smallest absolute Gasteiger partial charge is 0.266 e. The standard InChI is InChI=1S/C22H17BrN2OS/c1-14-11-12-16-9-5-6-10-17(16)20(14)27-22-24-18(19(23)21(26)25-22)13-15-7-3-2-4-8-15/h2-12H,13H2,1H3,(H,24,25,26). The van der Waals surface area contributed by atoms with Crippen molar-refractivity contribution in [1.29, 1.82) is 0 Å². The Morgan fingerprint density at radius 1 is 1.00 bits per heavy atom. The Labute approximate surface area is 170 Å². The monoisotopic (exact) mass is 436 g/mol. The maximum Gasteiger partial charge on any atom is 0.266 e. The van der Waals surface area contributed by atoms with Crippen LogP contribution in [0.2, 0.25) is 0 Å². The number of aryl methyl sites for hydroxylation is 1. The first kappa shape index (κ1) is 18.0. The summed E-state index contributed by atoms with van der Waals surface area (Å²) in [6, 6.07) is 22.5. The predicted molar refractivity (Wildman–Crippen MR) is 115 cm³/mol. The number of rotatable bonds is 4. The van der Waals surface area contributed by atoms with Crippen molar-refractivity contribution in [1.82, 2.24) is 9.97 Å². The van der Waals surface area contributed by atoms with E-state index in [1.807, 2.05) is 42.5 Å². The van der Waals surface area contributed by atoms with E-state index in [9.17, 15) is 4.79 Å². The van der Waals surface area contributed by atoms with Gasteiger partial charge in [-0.1, -0.05) is 78.5 Å². The Bertz CT molecular complexity index is 1170. The number of fused-ring (bicyclic) bond motifs is 1. The van der Waals surface area contributed by atoms with Crippen LogP contribution >= 0.6 is 27.7 Å². The van der Waals surface area contributed by atoms with Crippen molar-refractivity contribution in [2.45, 2.75) is 23.4 Å². The number of H-pyrrole nitrogens is 1. The zero-order valence-corrected chi connectivity index (χ0v) is 17.1. The third-order valence-electron chi connectivity index (χ3n) is 4.40. The topological polar surface area (TPSA) is 45.8 Å². The lowest BCUT2D eigenvalue weighted by Gasteiger charge is -2.11. The fourth-order valence-electron chi connectivity index (χ4n) is 3.02. The van der Waals surface area contributed by atoms with Crippen molar-refractivity contribution < 1.29 is 0 Å². The number of aromatic nitrogens is 2. The van der Waals surface area contributed by atoms with Crippen LogP contribution < -0.4 is 5.56 Å². The molecule has 5 heteroatoms. The van der Waals surface area contributed by atoms with Gasteiger partial charge in [-0.25, -0.2) is 4.98 Å². The highest BCUT2D eigenvalue weighted by molar-refractivity contribution is 9.10. The van der Waals surface area contributed by atoms with Gasteiger partial charge in [-0.2, -0.15) is 0 Å². The van der Waals surface area contributed by atoms with Crippen LogP contribution in [0.3, 0.4) is 0 Å². The van der Waals surface area contributed by atoms with E-state index in [-0.39, 0.29) is 5.56 Å². The molecule has 0 bridgehead atoms. The fourth-order valence-corrected chi connectivity index (χ4v) is 4.37. The van der Waals surface area contributed by atoms with E-state index in [0.717, 1.165) is 27.1 Å². The molecule has 27 heavy (non-hydrogen) atoms. The van der Waals surface area contributed by atoms with Crippen molar-refractivity contribution >= 4 is 38.5 Å². The molecule has 0 unspecified atom stereocenters. The van der Waals surface area contributed by atoms with Crippen LogP contribution in [0.4, 0.5) is 0 Å². The third-order valence-corrected chi connectivity index (χ3v) is 6.35. The van der Waals surface area contributed by atoms with Crippen molar-refractivity contribution in [2.75, 3.05) is 0 Å². The number of aromatic amines is 1. The van der Waals surface area contributed by atoms with Gasteiger partial charge in [-0.3, -0.25) is 4.79 Å². The molecule has 1 aromatic heterocycles. The molecule has 134 valence electrons. The van der Waals surface area contributed by atoms with Crippen LogP contribution in [0.25, 0.3) is 10.8 Å². The van der Waals surface area contributed by atoms with E-state index in [1.54, 1.807) is 0 Å². The quantitative estimate of drug-likeness (QED) is 0.415. The van der Waals surface area contributed by atoms with Crippen LogP contribution in [0.5, 0.6) is 0 Å². The third kappa shape index (κ3) is 3.84. The zero-order chi connectivity index (χ0) is 18.8. The first-order chi connectivity index (χ1) is 13.1. The van der Waals surface area contributed by atoms with Gasteiger partial charge in [0.05, 0.1) is 5.69 Å². The first-order valence-corrected chi connectivity index (χ1v) is 10.2. The summed E-state index contributed by atoms with van der Waals surface area (Å²) < 4.78 is 0.491. The van der Waals surface area contributed by atoms with Crippen molar-refractivity contribution in [2.24, 2.45) is 0 Å². The number of nitrogens with zero attached hydrogens (tertiary/aromatic N) is 1. The summed E-state index contributed by atoms with van der Waals surface area (Å²) in [7, 11) is 0. The number of hydrogen-bond donors (Lipinski definition) is 1. The lowest BCUT2D eigenvalue weighted by atomic mass is 10.1. The maximum absolute atomic E-state index is 12.4. The van der Waals surface area contributed by atoms with Gasteiger partial charge in [-0.15, -0.1) is 0 Å². The molecule has 0 aliphatic heterocycles. The summed E-state index contributed by atoms with van der Waals surface area (Å²) >= 11 is 4.90. The SMILES string of the molecule is Cc1ccc2ccccc2c1Sc1nc(Cc2ccccc2)c(Br)c(=O)[nH]1. The van der Waals surface area contributed by atoms with Crippen LogP contribution in [0.15, 0.2) is 86.0 Å². The number of halogens is 1. The Morgan fingerprint density at radius 3 is 2.56 bits per heavy atom. The molecule has 0 aliphatic carbocycles. The first-order valence-electron chi connectivity index (χ1n) is 8.60. The van der Waals surface area contributed by atoms with Gasteiger partial charge in [-0.05, 0) is 44.8 Å². The lowest BCUT2D eigenvalue weighted by Crippen LogP contribution is -2.13. The Hall–Kier alpha value is -2.37. The van der Waals surface area contributed by atoms with E-state index in [4.69, 9.17) is 4.98 Å². The van der Waals surface area contributed by atoms with Crippen molar-refractivity contribution in [3.8, 4) is 0 Å². The summed E-state index contributed by atoms with van der Waals surface area (Å²) in [5.74, 6) is 0. The number of hydrogen-bond acceptors (Lipinski definition) is 3. The molecule has 3 aromatic carbocycles.